The zero-order valence-electron chi connectivity index (χ0n) is 6.80. The lowest BCUT2D eigenvalue weighted by Crippen LogP contribution is -2.06. The molecule has 4 heteroatoms. The number of rotatable bonds is 2. The van der Waals surface area contributed by atoms with Crippen LogP contribution >= 0.6 is 27.5 Å². The second kappa shape index (κ2) is 4.13. The summed E-state index contributed by atoms with van der Waals surface area (Å²) in [6.45, 7) is 3.54. The van der Waals surface area contributed by atoms with Crippen LogP contribution in [0.5, 0.6) is 5.75 Å². The van der Waals surface area contributed by atoms with Gasteiger partial charge in [0.2, 0.25) is 0 Å². The van der Waals surface area contributed by atoms with Gasteiger partial charge < -0.3 is 10.8 Å². The standard InChI is InChI=1S/C9H9BrClNO/c1-2-8(12)6-3-5(10)4-7(11)9(6)13/h2-4,8,13H,1,12H2/t8-/m0/s1. The summed E-state index contributed by atoms with van der Waals surface area (Å²) in [6.07, 6.45) is 1.54. The van der Waals surface area contributed by atoms with Crippen LogP contribution in [0, 0.1) is 0 Å². The van der Waals surface area contributed by atoms with Crippen LogP contribution in [0.2, 0.25) is 5.02 Å². The van der Waals surface area contributed by atoms with Crippen molar-refractivity contribution >= 4 is 27.5 Å². The van der Waals surface area contributed by atoms with E-state index in [0.717, 1.165) is 4.47 Å². The molecule has 13 heavy (non-hydrogen) atoms. The van der Waals surface area contributed by atoms with E-state index in [0.29, 0.717) is 5.56 Å². The predicted octanol–water partition coefficient (Wildman–Crippen LogP) is 2.99. The number of phenolic OH excluding ortho intramolecular Hbond substituents is 1. The van der Waals surface area contributed by atoms with E-state index in [9.17, 15) is 5.11 Å². The molecule has 0 aliphatic heterocycles. The molecular weight excluding hydrogens is 253 g/mol. The fourth-order valence-electron chi connectivity index (χ4n) is 0.967. The third-order valence-electron chi connectivity index (χ3n) is 1.67. The molecule has 0 heterocycles. The average Bonchev–Trinajstić information content (AvgIpc) is 2.10. The summed E-state index contributed by atoms with van der Waals surface area (Å²) in [5, 5.41) is 9.82. The second-order valence-corrected chi connectivity index (χ2v) is 3.91. The van der Waals surface area contributed by atoms with Gasteiger partial charge in [-0.15, -0.1) is 6.58 Å². The normalized spacial score (nSPS) is 12.5. The Balaban J connectivity index is 3.27. The molecule has 0 saturated carbocycles. The Morgan fingerprint density at radius 3 is 2.77 bits per heavy atom. The number of hydrogen-bond acceptors (Lipinski definition) is 2. The summed E-state index contributed by atoms with van der Waals surface area (Å²) < 4.78 is 0.780. The first-order chi connectivity index (χ1) is 6.06. The maximum atomic E-state index is 9.54. The molecule has 0 radical (unpaired) electrons. The van der Waals surface area contributed by atoms with Gasteiger partial charge in [-0.05, 0) is 12.1 Å². The third kappa shape index (κ3) is 2.24. The average molecular weight is 263 g/mol. The van der Waals surface area contributed by atoms with Gasteiger partial charge in [0.1, 0.15) is 5.75 Å². The summed E-state index contributed by atoms with van der Waals surface area (Å²) >= 11 is 9.01. The van der Waals surface area contributed by atoms with Gasteiger partial charge in [0.25, 0.3) is 0 Å². The van der Waals surface area contributed by atoms with Crippen molar-refractivity contribution in [2.75, 3.05) is 0 Å². The lowest BCUT2D eigenvalue weighted by molar-refractivity contribution is 0.466. The first-order valence-corrected chi connectivity index (χ1v) is 4.79. The van der Waals surface area contributed by atoms with Crippen LogP contribution in [-0.2, 0) is 0 Å². The largest absolute Gasteiger partial charge is 0.506 e. The second-order valence-electron chi connectivity index (χ2n) is 2.59. The molecule has 1 rings (SSSR count). The molecule has 1 aromatic carbocycles. The molecule has 0 saturated heterocycles. The van der Waals surface area contributed by atoms with Crippen LogP contribution in [-0.4, -0.2) is 5.11 Å². The number of hydrogen-bond donors (Lipinski definition) is 2. The maximum Gasteiger partial charge on any atom is 0.139 e. The van der Waals surface area contributed by atoms with Crippen LogP contribution in [0.15, 0.2) is 29.3 Å². The van der Waals surface area contributed by atoms with Crippen LogP contribution in [0.25, 0.3) is 0 Å². The Kier molecular flexibility index (Phi) is 3.36. The van der Waals surface area contributed by atoms with Crippen molar-refractivity contribution in [2.24, 2.45) is 5.73 Å². The van der Waals surface area contributed by atoms with E-state index in [1.807, 2.05) is 0 Å². The summed E-state index contributed by atoms with van der Waals surface area (Å²) in [4.78, 5) is 0. The smallest absolute Gasteiger partial charge is 0.139 e. The van der Waals surface area contributed by atoms with Gasteiger partial charge in [-0.25, -0.2) is 0 Å². The minimum Gasteiger partial charge on any atom is -0.506 e. The Bertz CT molecular complexity index is 341. The predicted molar refractivity (Wildman–Crippen MR) is 57.9 cm³/mol. The van der Waals surface area contributed by atoms with E-state index in [1.54, 1.807) is 12.1 Å². The highest BCUT2D eigenvalue weighted by Crippen LogP contribution is 2.34. The molecule has 70 valence electrons. The van der Waals surface area contributed by atoms with E-state index in [2.05, 4.69) is 22.5 Å². The Morgan fingerprint density at radius 2 is 2.23 bits per heavy atom. The quantitative estimate of drug-likeness (QED) is 0.805. The first-order valence-electron chi connectivity index (χ1n) is 3.62. The zero-order chi connectivity index (χ0) is 10.0. The van der Waals surface area contributed by atoms with Crippen molar-refractivity contribution in [3.05, 3.63) is 39.8 Å². The molecule has 1 atom stereocenters. The molecule has 0 fully saturated rings. The van der Waals surface area contributed by atoms with Crippen molar-refractivity contribution in [1.29, 1.82) is 0 Å². The molecule has 0 spiro atoms. The fourth-order valence-corrected chi connectivity index (χ4v) is 1.80. The van der Waals surface area contributed by atoms with E-state index in [-0.39, 0.29) is 10.8 Å². The maximum absolute atomic E-state index is 9.54. The Morgan fingerprint density at radius 1 is 1.62 bits per heavy atom. The van der Waals surface area contributed by atoms with E-state index in [1.165, 1.54) is 6.08 Å². The first kappa shape index (κ1) is 10.6. The zero-order valence-corrected chi connectivity index (χ0v) is 9.14. The van der Waals surface area contributed by atoms with Crippen molar-refractivity contribution in [3.8, 4) is 5.75 Å². The number of nitrogens with two attached hydrogens (primary N) is 1. The van der Waals surface area contributed by atoms with E-state index < -0.39 is 6.04 Å². The molecule has 2 nitrogen and oxygen atoms in total. The molecule has 3 N–H and O–H groups in total. The fraction of sp³-hybridized carbons (Fsp3) is 0.111. The van der Waals surface area contributed by atoms with E-state index >= 15 is 0 Å². The summed E-state index contributed by atoms with van der Waals surface area (Å²) in [7, 11) is 0. The third-order valence-corrected chi connectivity index (χ3v) is 2.42. The minimum atomic E-state index is -0.407. The molecule has 0 aliphatic carbocycles. The molecule has 0 aliphatic rings. The highest BCUT2D eigenvalue weighted by molar-refractivity contribution is 9.10. The number of benzene rings is 1. The Hall–Kier alpha value is -0.510. The topological polar surface area (TPSA) is 46.2 Å². The van der Waals surface area contributed by atoms with E-state index in [4.69, 9.17) is 17.3 Å². The highest BCUT2D eigenvalue weighted by atomic mass is 79.9. The van der Waals surface area contributed by atoms with Gasteiger partial charge in [0, 0.05) is 10.0 Å². The minimum absolute atomic E-state index is 0.0114. The van der Waals surface area contributed by atoms with Gasteiger partial charge in [0.15, 0.2) is 0 Å². The van der Waals surface area contributed by atoms with Gasteiger partial charge >= 0.3 is 0 Å². The van der Waals surface area contributed by atoms with Crippen LogP contribution in [0.4, 0.5) is 0 Å². The highest BCUT2D eigenvalue weighted by Gasteiger charge is 2.11. The number of phenols is 1. The van der Waals surface area contributed by atoms with Crippen LogP contribution in [0.1, 0.15) is 11.6 Å². The van der Waals surface area contributed by atoms with Crippen molar-refractivity contribution in [1.82, 2.24) is 0 Å². The SMILES string of the molecule is C=C[C@H](N)c1cc(Br)cc(Cl)c1O. The summed E-state index contributed by atoms with van der Waals surface area (Å²) in [5.41, 5.74) is 6.24. The number of aromatic hydroxyl groups is 1. The molecule has 1 aromatic rings. The lowest BCUT2D eigenvalue weighted by Gasteiger charge is -2.10. The van der Waals surface area contributed by atoms with Gasteiger partial charge in [0.05, 0.1) is 11.1 Å². The van der Waals surface area contributed by atoms with Crippen LogP contribution < -0.4 is 5.73 Å². The molecule has 0 unspecified atom stereocenters. The molecular formula is C9H9BrClNO. The van der Waals surface area contributed by atoms with Gasteiger partial charge in [-0.3, -0.25) is 0 Å². The summed E-state index contributed by atoms with van der Waals surface area (Å²) in [5.74, 6) is 0.0114. The van der Waals surface area contributed by atoms with Crippen LogP contribution in [0.3, 0.4) is 0 Å². The van der Waals surface area contributed by atoms with Crippen molar-refractivity contribution < 1.29 is 5.11 Å². The number of halogens is 2. The van der Waals surface area contributed by atoms with Crippen molar-refractivity contribution in [2.45, 2.75) is 6.04 Å². The summed E-state index contributed by atoms with van der Waals surface area (Å²) in [6, 6.07) is 2.92. The molecule has 0 amide bonds. The molecule has 0 bridgehead atoms. The van der Waals surface area contributed by atoms with Gasteiger partial charge in [-0.2, -0.15) is 0 Å². The monoisotopic (exact) mass is 261 g/mol. The van der Waals surface area contributed by atoms with Gasteiger partial charge in [-0.1, -0.05) is 33.6 Å². The molecule has 0 aromatic heterocycles. The lowest BCUT2D eigenvalue weighted by atomic mass is 10.1. The van der Waals surface area contributed by atoms with Crippen molar-refractivity contribution in [3.63, 3.8) is 0 Å². The Labute approximate surface area is 90.1 Å².